The van der Waals surface area contributed by atoms with Gasteiger partial charge in [0.1, 0.15) is 18.1 Å². The Kier molecular flexibility index (Phi) is 7.58. The Balaban J connectivity index is 1.37. The van der Waals surface area contributed by atoms with Crippen molar-refractivity contribution in [1.82, 2.24) is 19.8 Å². The van der Waals surface area contributed by atoms with E-state index in [1.165, 1.54) is 17.2 Å². The third kappa shape index (κ3) is 4.98. The number of piperazine rings is 1. The number of likely N-dealkylation sites (tertiary alicyclic amines) is 1. The quantitative estimate of drug-likeness (QED) is 0.486. The fraction of sp³-hybridized carbons (Fsp3) is 0.485. The molecule has 2 aromatic rings. The number of Topliss-reactive ketones (excluding diaryl/α,β-unsaturated/α-hetero) is 1. The van der Waals surface area contributed by atoms with Gasteiger partial charge in [-0.05, 0) is 75.4 Å². The van der Waals surface area contributed by atoms with E-state index in [4.69, 9.17) is 14.7 Å². The summed E-state index contributed by atoms with van der Waals surface area (Å²) in [5, 5.41) is 9.51. The molecular weight excluding hydrogens is 528 g/mol. The average Bonchev–Trinajstić information content (AvgIpc) is 3.42. The van der Waals surface area contributed by atoms with Crippen LogP contribution in [0.5, 0.6) is 6.01 Å². The van der Waals surface area contributed by atoms with E-state index in [0.717, 1.165) is 30.5 Å². The molecule has 0 N–H and O–H groups in total. The van der Waals surface area contributed by atoms with Crippen LogP contribution in [0.25, 0.3) is 5.57 Å². The summed E-state index contributed by atoms with van der Waals surface area (Å²) in [6.45, 7) is 8.62. The van der Waals surface area contributed by atoms with Crippen LogP contribution < -0.4 is 9.64 Å². The van der Waals surface area contributed by atoms with Crippen LogP contribution in [0.3, 0.4) is 0 Å². The first-order valence-electron chi connectivity index (χ1n) is 14.9. The Morgan fingerprint density at radius 2 is 2.07 bits per heavy atom. The van der Waals surface area contributed by atoms with Gasteiger partial charge in [-0.2, -0.15) is 15.2 Å². The number of carbonyl (C=O) groups excluding carboxylic acids is 2. The molecule has 2 saturated heterocycles. The summed E-state index contributed by atoms with van der Waals surface area (Å²) in [5.74, 6) is 0.517. The molecule has 1 aromatic heterocycles. The summed E-state index contributed by atoms with van der Waals surface area (Å²) in [5.41, 5.74) is 4.12. The summed E-state index contributed by atoms with van der Waals surface area (Å²) in [7, 11) is 2.10. The highest BCUT2D eigenvalue weighted by Crippen LogP contribution is 2.46. The molecule has 0 unspecified atom stereocenters. The number of ether oxygens (including phenoxy) is 1. The zero-order chi connectivity index (χ0) is 29.4. The molecule has 0 bridgehead atoms. The van der Waals surface area contributed by atoms with Gasteiger partial charge in [0.2, 0.25) is 5.91 Å². The number of amides is 1. The number of hydrogen-bond acceptors (Lipinski definition) is 8. The summed E-state index contributed by atoms with van der Waals surface area (Å²) < 4.78 is 6.22. The molecule has 2 aliphatic heterocycles. The maximum Gasteiger partial charge on any atom is 0.319 e. The molecule has 218 valence electrons. The first kappa shape index (κ1) is 28.1. The van der Waals surface area contributed by atoms with Crippen molar-refractivity contribution in [3.05, 3.63) is 65.4 Å². The molecule has 2 aliphatic carbocycles. The normalized spacial score (nSPS) is 25.5. The number of carbonyl (C=O) groups is 2. The molecule has 2 fully saturated rings. The molecule has 0 radical (unpaired) electrons. The van der Waals surface area contributed by atoms with Gasteiger partial charge in [0.05, 0.1) is 23.9 Å². The Morgan fingerprint density at radius 1 is 1.24 bits per heavy atom. The predicted octanol–water partition coefficient (Wildman–Crippen LogP) is 3.84. The van der Waals surface area contributed by atoms with Crippen molar-refractivity contribution in [3.63, 3.8) is 0 Å². The summed E-state index contributed by atoms with van der Waals surface area (Å²) in [6.07, 6.45) is 7.80. The van der Waals surface area contributed by atoms with Crippen molar-refractivity contribution in [1.29, 1.82) is 5.26 Å². The van der Waals surface area contributed by atoms with Crippen LogP contribution in [-0.2, 0) is 17.6 Å². The van der Waals surface area contributed by atoms with Crippen molar-refractivity contribution in [3.8, 4) is 12.1 Å². The largest absolute Gasteiger partial charge is 0.462 e. The number of likely N-dealkylation sites (N-methyl/N-ethyl adjacent to an activating group) is 1. The smallest absolute Gasteiger partial charge is 0.319 e. The van der Waals surface area contributed by atoms with E-state index in [-0.39, 0.29) is 36.2 Å². The van der Waals surface area contributed by atoms with Crippen LogP contribution in [0.2, 0.25) is 0 Å². The molecule has 1 spiro atoms. The topological polar surface area (TPSA) is 103 Å². The van der Waals surface area contributed by atoms with Gasteiger partial charge in [0.25, 0.3) is 0 Å². The third-order valence-electron chi connectivity index (χ3n) is 9.54. The zero-order valence-corrected chi connectivity index (χ0v) is 24.5. The molecule has 4 aliphatic rings. The van der Waals surface area contributed by atoms with E-state index in [2.05, 4.69) is 54.6 Å². The summed E-state index contributed by atoms with van der Waals surface area (Å²) in [6, 6.07) is 10.7. The molecule has 1 amide bonds. The van der Waals surface area contributed by atoms with Crippen molar-refractivity contribution in [2.45, 2.75) is 57.5 Å². The van der Waals surface area contributed by atoms with Crippen molar-refractivity contribution in [2.75, 3.05) is 44.7 Å². The van der Waals surface area contributed by atoms with Gasteiger partial charge in [0, 0.05) is 31.2 Å². The molecule has 6 rings (SSSR count). The highest BCUT2D eigenvalue weighted by molar-refractivity contribution is 6.05. The first-order chi connectivity index (χ1) is 20.3. The highest BCUT2D eigenvalue weighted by Gasteiger charge is 2.46. The Hall–Kier alpha value is -4.03. The number of hydrogen-bond donors (Lipinski definition) is 0. The minimum absolute atomic E-state index is 0.0122. The number of nitrogens with zero attached hydrogens (tertiary/aromatic N) is 6. The van der Waals surface area contributed by atoms with Crippen LogP contribution in [0.1, 0.15) is 59.8 Å². The lowest BCUT2D eigenvalue weighted by molar-refractivity contribution is -0.128. The van der Waals surface area contributed by atoms with Crippen molar-refractivity contribution < 1.29 is 14.3 Å². The molecule has 3 heterocycles. The molecule has 3 atom stereocenters. The van der Waals surface area contributed by atoms with Crippen molar-refractivity contribution in [2.24, 2.45) is 5.41 Å². The lowest BCUT2D eigenvalue weighted by Crippen LogP contribution is -2.55. The average molecular weight is 567 g/mol. The number of rotatable bonds is 6. The molecular formula is C33H38N6O3. The maximum atomic E-state index is 14.5. The fourth-order valence-corrected chi connectivity index (χ4v) is 7.24. The van der Waals surface area contributed by atoms with E-state index in [9.17, 15) is 14.9 Å². The minimum Gasteiger partial charge on any atom is -0.462 e. The van der Waals surface area contributed by atoms with Gasteiger partial charge in [-0.1, -0.05) is 36.9 Å². The third-order valence-corrected chi connectivity index (χ3v) is 9.54. The van der Waals surface area contributed by atoms with E-state index in [1.807, 2.05) is 12.1 Å². The number of nitriles is 1. The van der Waals surface area contributed by atoms with E-state index >= 15 is 0 Å². The van der Waals surface area contributed by atoms with Gasteiger partial charge in [0.15, 0.2) is 5.78 Å². The van der Waals surface area contributed by atoms with Gasteiger partial charge in [-0.25, -0.2) is 0 Å². The summed E-state index contributed by atoms with van der Waals surface area (Å²) in [4.78, 5) is 42.8. The number of ketones is 1. The number of aromatic nitrogens is 2. The van der Waals surface area contributed by atoms with Gasteiger partial charge in [-0.3, -0.25) is 9.59 Å². The van der Waals surface area contributed by atoms with Crippen LogP contribution in [0.15, 0.2) is 43.0 Å². The van der Waals surface area contributed by atoms with Crippen LogP contribution in [-0.4, -0.2) is 83.4 Å². The Morgan fingerprint density at radius 3 is 2.83 bits per heavy atom. The SMILES string of the molecule is C=CC(=O)N1CCN(c2nc(OC[C@@H]3CCCN3C)nc3c2CC[C@@]2(C=C(C)c4ccccc4C2)C3=O)C[C@@H]1CC#N. The monoisotopic (exact) mass is 566 g/mol. The van der Waals surface area contributed by atoms with Crippen LogP contribution >= 0.6 is 0 Å². The lowest BCUT2D eigenvalue weighted by Gasteiger charge is -2.43. The van der Waals surface area contributed by atoms with E-state index in [0.29, 0.717) is 57.0 Å². The van der Waals surface area contributed by atoms with E-state index in [1.54, 1.807) is 4.90 Å². The second-order valence-corrected chi connectivity index (χ2v) is 12.1. The van der Waals surface area contributed by atoms with Gasteiger partial charge >= 0.3 is 6.01 Å². The fourth-order valence-electron chi connectivity index (χ4n) is 7.24. The molecule has 9 heteroatoms. The second-order valence-electron chi connectivity index (χ2n) is 12.1. The minimum atomic E-state index is -0.654. The Labute approximate surface area is 247 Å². The highest BCUT2D eigenvalue weighted by atomic mass is 16.5. The van der Waals surface area contributed by atoms with Crippen LogP contribution in [0, 0.1) is 16.7 Å². The molecule has 42 heavy (non-hydrogen) atoms. The number of anilines is 1. The zero-order valence-electron chi connectivity index (χ0n) is 24.5. The Bertz CT molecular complexity index is 1500. The molecule has 0 saturated carbocycles. The molecule has 1 aromatic carbocycles. The first-order valence-corrected chi connectivity index (χ1v) is 14.9. The standard InChI is InChI=1S/C33H38N6O3/c1-4-28(40)39-17-16-38(20-24(39)12-14-34)31-27-11-13-33(18-22(2)26-10-6-5-8-23(26)19-33)30(41)29(27)35-32(36-31)42-21-25-9-7-15-37(25)3/h4-6,8,10,18,24-25H,1,7,9,11-13,15-17,19-21H2,2-3H3/t24-,25-,33-/m0/s1. The van der Waals surface area contributed by atoms with Crippen LogP contribution in [0.4, 0.5) is 5.82 Å². The van der Waals surface area contributed by atoms with Crippen molar-refractivity contribution >= 4 is 23.1 Å². The number of allylic oxidation sites excluding steroid dienone is 2. The van der Waals surface area contributed by atoms with Gasteiger partial charge in [-0.15, -0.1) is 0 Å². The second kappa shape index (κ2) is 11.3. The lowest BCUT2D eigenvalue weighted by atomic mass is 9.64. The maximum absolute atomic E-state index is 14.5. The van der Waals surface area contributed by atoms with Gasteiger partial charge < -0.3 is 19.4 Å². The predicted molar refractivity (Wildman–Crippen MR) is 160 cm³/mol. The summed E-state index contributed by atoms with van der Waals surface area (Å²) >= 11 is 0. The van der Waals surface area contributed by atoms with E-state index < -0.39 is 5.41 Å². The number of benzene rings is 1. The number of fused-ring (bicyclic) bond motifs is 2. The molecule has 9 nitrogen and oxygen atoms in total.